The highest BCUT2D eigenvalue weighted by molar-refractivity contribution is 7.89. The maximum Gasteiger partial charge on any atom is 0.267 e. The Labute approximate surface area is 208 Å². The first-order chi connectivity index (χ1) is 16.8. The summed E-state index contributed by atoms with van der Waals surface area (Å²) in [5.74, 6) is -0.152. The molecule has 1 N–H and O–H groups in total. The molecular weight excluding hydrogens is 462 g/mol. The van der Waals surface area contributed by atoms with Gasteiger partial charge in [-0.15, -0.1) is 0 Å². The maximum absolute atomic E-state index is 13.3. The van der Waals surface area contributed by atoms with Crippen molar-refractivity contribution in [3.05, 3.63) is 65.9 Å². The van der Waals surface area contributed by atoms with Crippen LogP contribution >= 0.6 is 0 Å². The number of likely N-dealkylation sites (N-methyl/N-ethyl adjacent to an activating group) is 1. The number of hydrogen-bond acceptors (Lipinski definition) is 5. The Bertz CT molecular complexity index is 1260. The Morgan fingerprint density at radius 3 is 2.31 bits per heavy atom. The molecule has 0 unspecified atom stereocenters. The fourth-order valence-corrected chi connectivity index (χ4v) is 5.43. The first-order valence-electron chi connectivity index (χ1n) is 12.1. The van der Waals surface area contributed by atoms with Crippen molar-refractivity contribution in [2.75, 3.05) is 59.9 Å². The molecule has 4 rings (SSSR count). The van der Waals surface area contributed by atoms with Crippen LogP contribution in [0.15, 0.2) is 59.5 Å². The highest BCUT2D eigenvalue weighted by atomic mass is 32.2. The van der Waals surface area contributed by atoms with Crippen LogP contribution < -0.4 is 5.32 Å². The Morgan fingerprint density at radius 2 is 1.66 bits per heavy atom. The molecule has 0 atom stereocenters. The Hall–Kier alpha value is -2.72. The van der Waals surface area contributed by atoms with E-state index in [0.29, 0.717) is 18.8 Å². The number of rotatable bonds is 9. The monoisotopic (exact) mass is 497 g/mol. The van der Waals surface area contributed by atoms with Crippen molar-refractivity contribution in [2.24, 2.45) is 0 Å². The minimum atomic E-state index is -3.57. The molecule has 8 nitrogen and oxygen atoms in total. The third-order valence-corrected chi connectivity index (χ3v) is 8.50. The summed E-state index contributed by atoms with van der Waals surface area (Å²) < 4.78 is 28.5. The van der Waals surface area contributed by atoms with Crippen molar-refractivity contribution < 1.29 is 13.2 Å². The molecule has 1 aliphatic heterocycles. The summed E-state index contributed by atoms with van der Waals surface area (Å²) in [6.07, 6.45) is 0. The summed E-state index contributed by atoms with van der Waals surface area (Å²) in [6, 6.07) is 16.8. The van der Waals surface area contributed by atoms with Gasteiger partial charge < -0.3 is 14.8 Å². The second-order valence-electron chi connectivity index (χ2n) is 9.14. The molecule has 35 heavy (non-hydrogen) atoms. The van der Waals surface area contributed by atoms with Gasteiger partial charge in [0, 0.05) is 70.8 Å². The lowest BCUT2D eigenvalue weighted by molar-refractivity contribution is 0.0929. The number of aromatic nitrogens is 1. The lowest BCUT2D eigenvalue weighted by atomic mass is 10.2. The predicted octanol–water partition coefficient (Wildman–Crippen LogP) is 2.31. The number of piperazine rings is 1. The predicted molar refractivity (Wildman–Crippen MR) is 139 cm³/mol. The zero-order valence-corrected chi connectivity index (χ0v) is 21.6. The van der Waals surface area contributed by atoms with E-state index in [0.717, 1.165) is 55.7 Å². The Balaban J connectivity index is 1.57. The van der Waals surface area contributed by atoms with E-state index in [1.807, 2.05) is 34.9 Å². The van der Waals surface area contributed by atoms with E-state index < -0.39 is 10.0 Å². The van der Waals surface area contributed by atoms with Gasteiger partial charge in [0.25, 0.3) is 5.91 Å². The van der Waals surface area contributed by atoms with Crippen LogP contribution in [-0.2, 0) is 16.6 Å². The minimum absolute atomic E-state index is 0.152. The van der Waals surface area contributed by atoms with Crippen molar-refractivity contribution in [2.45, 2.75) is 18.4 Å². The van der Waals surface area contributed by atoms with Gasteiger partial charge in [0.2, 0.25) is 10.0 Å². The van der Waals surface area contributed by atoms with Crippen LogP contribution in [0.5, 0.6) is 0 Å². The topological polar surface area (TPSA) is 77.9 Å². The third-order valence-electron chi connectivity index (χ3n) is 6.69. The van der Waals surface area contributed by atoms with Crippen LogP contribution in [0.1, 0.15) is 23.0 Å². The lowest BCUT2D eigenvalue weighted by Crippen LogP contribution is -2.48. The van der Waals surface area contributed by atoms with Crippen LogP contribution in [0, 0.1) is 0 Å². The largest absolute Gasteiger partial charge is 0.349 e. The van der Waals surface area contributed by atoms with Gasteiger partial charge in [-0.1, -0.05) is 37.3 Å². The van der Waals surface area contributed by atoms with E-state index in [-0.39, 0.29) is 10.8 Å². The molecule has 188 valence electrons. The van der Waals surface area contributed by atoms with Crippen LogP contribution in [0.3, 0.4) is 0 Å². The average Bonchev–Trinajstić information content (AvgIpc) is 3.22. The van der Waals surface area contributed by atoms with Gasteiger partial charge in [-0.3, -0.25) is 9.69 Å². The first-order valence-corrected chi connectivity index (χ1v) is 13.6. The van der Waals surface area contributed by atoms with Gasteiger partial charge in [0.05, 0.1) is 4.90 Å². The number of carbonyl (C=O) groups is 1. The summed E-state index contributed by atoms with van der Waals surface area (Å²) in [4.78, 5) is 18.3. The lowest BCUT2D eigenvalue weighted by Gasteiger charge is -2.33. The number of nitrogens with one attached hydrogen (secondary N) is 1. The van der Waals surface area contributed by atoms with E-state index in [2.05, 4.69) is 22.0 Å². The van der Waals surface area contributed by atoms with Gasteiger partial charge in [0.1, 0.15) is 5.69 Å². The molecule has 2 heterocycles. The molecule has 1 aromatic heterocycles. The fourth-order valence-electron chi connectivity index (χ4n) is 4.49. The summed E-state index contributed by atoms with van der Waals surface area (Å²) >= 11 is 0. The molecule has 0 aliphatic carbocycles. The zero-order chi connectivity index (χ0) is 25.0. The van der Waals surface area contributed by atoms with Gasteiger partial charge in [-0.2, -0.15) is 0 Å². The second-order valence-corrected chi connectivity index (χ2v) is 11.3. The number of amides is 1. The highest BCUT2D eigenvalue weighted by Crippen LogP contribution is 2.26. The van der Waals surface area contributed by atoms with Crippen LogP contribution in [-0.4, -0.2) is 92.9 Å². The molecule has 0 saturated carbocycles. The van der Waals surface area contributed by atoms with Crippen LogP contribution in [0.4, 0.5) is 0 Å². The first kappa shape index (κ1) is 25.4. The molecular formula is C26H35N5O3S. The Morgan fingerprint density at radius 1 is 0.971 bits per heavy atom. The zero-order valence-electron chi connectivity index (χ0n) is 20.8. The van der Waals surface area contributed by atoms with Gasteiger partial charge in [0.15, 0.2) is 0 Å². The molecule has 1 saturated heterocycles. The minimum Gasteiger partial charge on any atom is -0.349 e. The second kappa shape index (κ2) is 10.9. The van der Waals surface area contributed by atoms with Crippen molar-refractivity contribution in [1.29, 1.82) is 0 Å². The number of benzene rings is 2. The standard InChI is InChI=1S/C26H35N5O3S/c1-4-29-14-16-30(17-15-29)13-12-27-26(32)25-19-22-18-23(35(33,34)28(2)3)10-11-24(22)31(25)20-21-8-6-5-7-9-21/h5-11,18-19H,4,12-17,20H2,1-3H3,(H,27,32). The number of sulfonamides is 1. The van der Waals surface area contributed by atoms with E-state index >= 15 is 0 Å². The summed E-state index contributed by atoms with van der Waals surface area (Å²) in [7, 11) is -0.539. The quantitative estimate of drug-likeness (QED) is 0.491. The molecule has 9 heteroatoms. The van der Waals surface area contributed by atoms with Crippen LogP contribution in [0.25, 0.3) is 10.9 Å². The van der Waals surface area contributed by atoms with Gasteiger partial charge in [-0.05, 0) is 36.4 Å². The van der Waals surface area contributed by atoms with E-state index in [1.165, 1.54) is 18.4 Å². The van der Waals surface area contributed by atoms with E-state index in [1.54, 1.807) is 24.3 Å². The molecule has 0 radical (unpaired) electrons. The normalized spacial score (nSPS) is 15.7. The van der Waals surface area contributed by atoms with Crippen molar-refractivity contribution in [3.8, 4) is 0 Å². The molecule has 3 aromatic rings. The smallest absolute Gasteiger partial charge is 0.267 e. The molecule has 1 fully saturated rings. The Kier molecular flexibility index (Phi) is 7.91. The summed E-state index contributed by atoms with van der Waals surface area (Å²) in [6.45, 7) is 9.32. The fraction of sp³-hybridized carbons (Fsp3) is 0.423. The van der Waals surface area contributed by atoms with E-state index in [9.17, 15) is 13.2 Å². The maximum atomic E-state index is 13.3. The number of hydrogen-bond donors (Lipinski definition) is 1. The van der Waals surface area contributed by atoms with Crippen LogP contribution in [0.2, 0.25) is 0 Å². The van der Waals surface area contributed by atoms with Crippen molar-refractivity contribution in [3.63, 3.8) is 0 Å². The van der Waals surface area contributed by atoms with Gasteiger partial charge >= 0.3 is 0 Å². The molecule has 0 spiro atoms. The van der Waals surface area contributed by atoms with Gasteiger partial charge in [-0.25, -0.2) is 12.7 Å². The van der Waals surface area contributed by atoms with E-state index in [4.69, 9.17) is 0 Å². The number of nitrogens with zero attached hydrogens (tertiary/aromatic N) is 4. The SMILES string of the molecule is CCN1CCN(CCNC(=O)c2cc3cc(S(=O)(=O)N(C)C)ccc3n2Cc2ccccc2)CC1. The molecule has 2 aromatic carbocycles. The summed E-state index contributed by atoms with van der Waals surface area (Å²) in [5.41, 5.74) is 2.42. The van der Waals surface area contributed by atoms with Crippen molar-refractivity contribution in [1.82, 2.24) is 24.0 Å². The highest BCUT2D eigenvalue weighted by Gasteiger charge is 2.21. The molecule has 0 bridgehead atoms. The average molecular weight is 498 g/mol. The molecule has 1 amide bonds. The van der Waals surface area contributed by atoms with Crippen molar-refractivity contribution >= 4 is 26.8 Å². The number of fused-ring (bicyclic) bond motifs is 1. The number of carbonyl (C=O) groups excluding carboxylic acids is 1. The molecule has 1 aliphatic rings. The summed E-state index contributed by atoms with van der Waals surface area (Å²) in [5, 5.41) is 3.81. The third kappa shape index (κ3) is 5.75.